The number of benzene rings is 1. The Morgan fingerprint density at radius 1 is 1.29 bits per heavy atom. The maximum atomic E-state index is 13.8. The molecule has 0 aliphatic carbocycles. The van der Waals surface area contributed by atoms with Crippen molar-refractivity contribution in [2.75, 3.05) is 18.5 Å². The van der Waals surface area contributed by atoms with Gasteiger partial charge in [-0.2, -0.15) is 0 Å². The number of thiazole rings is 1. The molecular formula is C16H17F2N4NaO3S2. The first-order valence-electron chi connectivity index (χ1n) is 7.81. The number of aromatic nitrogens is 3. The Labute approximate surface area is 188 Å². The molecule has 0 aliphatic rings. The van der Waals surface area contributed by atoms with Gasteiger partial charge >= 0.3 is 34.4 Å². The number of hydrogen-bond acceptors (Lipinski definition) is 8. The van der Waals surface area contributed by atoms with Gasteiger partial charge in [0.1, 0.15) is 4.70 Å². The minimum atomic E-state index is -1.06. The monoisotopic (exact) mass is 438 g/mol. The average molecular weight is 438 g/mol. The molecule has 0 saturated heterocycles. The second-order valence-electron chi connectivity index (χ2n) is 6.05. The number of nitrogens with zero attached hydrogens (tertiary/aromatic N) is 2. The maximum absolute atomic E-state index is 13.8. The molecule has 0 fully saturated rings. The van der Waals surface area contributed by atoms with E-state index in [0.717, 1.165) is 29.2 Å². The van der Waals surface area contributed by atoms with Crippen LogP contribution in [0.5, 0.6) is 0 Å². The van der Waals surface area contributed by atoms with Gasteiger partial charge in [-0.05, 0) is 13.0 Å². The molecule has 0 aliphatic heterocycles. The summed E-state index contributed by atoms with van der Waals surface area (Å²) in [6, 6.07) is 3.91. The van der Waals surface area contributed by atoms with Crippen LogP contribution in [0.1, 0.15) is 12.5 Å². The summed E-state index contributed by atoms with van der Waals surface area (Å²) in [6.07, 6.45) is 0. The number of thioether (sulfide) groups is 1. The average Bonchev–Trinajstić information content (AvgIpc) is 3.03. The molecule has 2 heterocycles. The van der Waals surface area contributed by atoms with Crippen molar-refractivity contribution < 1.29 is 19.0 Å². The predicted molar refractivity (Wildman–Crippen MR) is 107 cm³/mol. The van der Waals surface area contributed by atoms with Crippen molar-refractivity contribution in [2.24, 2.45) is 0 Å². The van der Waals surface area contributed by atoms with Gasteiger partial charge in [-0.25, -0.2) is 18.7 Å². The van der Waals surface area contributed by atoms with Crippen LogP contribution >= 0.6 is 23.1 Å². The third-order valence-electron chi connectivity index (χ3n) is 3.77. The summed E-state index contributed by atoms with van der Waals surface area (Å²) in [4.78, 5) is 22.5. The molecule has 0 unspecified atom stereocenters. The predicted octanol–water partition coefficient (Wildman–Crippen LogP) is 1.46. The van der Waals surface area contributed by atoms with E-state index in [9.17, 15) is 23.8 Å². The van der Waals surface area contributed by atoms with E-state index in [0.29, 0.717) is 4.70 Å². The van der Waals surface area contributed by atoms with Crippen LogP contribution in [0, 0.1) is 11.6 Å². The van der Waals surface area contributed by atoms with E-state index >= 15 is 0 Å². The third-order valence-corrected chi connectivity index (χ3v) is 5.54. The molecule has 4 N–H and O–H groups in total. The van der Waals surface area contributed by atoms with Crippen LogP contribution in [0.25, 0.3) is 10.3 Å². The van der Waals surface area contributed by atoms with Crippen molar-refractivity contribution in [3.05, 3.63) is 45.1 Å². The Morgan fingerprint density at radius 2 is 2.00 bits per heavy atom. The Balaban J connectivity index is 0.00000280. The van der Waals surface area contributed by atoms with Crippen LogP contribution in [-0.2, 0) is 5.75 Å². The van der Waals surface area contributed by atoms with Crippen molar-refractivity contribution in [1.82, 2.24) is 15.0 Å². The van der Waals surface area contributed by atoms with Gasteiger partial charge in [-0.3, -0.25) is 9.78 Å². The molecule has 0 amide bonds. The molecule has 2 aromatic heterocycles. The zero-order chi connectivity index (χ0) is 19.6. The second-order valence-corrected chi connectivity index (χ2v) is 7.98. The summed E-state index contributed by atoms with van der Waals surface area (Å²) in [7, 11) is 0. The molecule has 0 spiro atoms. The molecule has 3 aromatic rings. The number of aliphatic hydroxyl groups is 2. The second kappa shape index (κ2) is 9.61. The van der Waals surface area contributed by atoms with E-state index in [1.165, 1.54) is 12.1 Å². The summed E-state index contributed by atoms with van der Waals surface area (Å²) in [5.41, 5.74) is -0.624. The minimum absolute atomic E-state index is 0. The zero-order valence-electron chi connectivity index (χ0n) is 14.1. The fourth-order valence-electron chi connectivity index (χ4n) is 2.19. The number of anilines is 1. The molecule has 0 radical (unpaired) electrons. The van der Waals surface area contributed by atoms with Crippen molar-refractivity contribution in [3.63, 3.8) is 0 Å². The van der Waals surface area contributed by atoms with Crippen molar-refractivity contribution >= 4 is 68.8 Å². The Kier molecular flexibility index (Phi) is 7.97. The van der Waals surface area contributed by atoms with Gasteiger partial charge in [-0.15, -0.1) is 0 Å². The van der Waals surface area contributed by atoms with E-state index in [2.05, 4.69) is 20.3 Å². The fourth-order valence-corrected chi connectivity index (χ4v) is 3.73. The summed E-state index contributed by atoms with van der Waals surface area (Å²) in [5, 5.41) is 22.1. The number of halogens is 2. The standard InChI is InChI=1S/C16H16F2N4O3S2.Na.H/c1-16(6-23,7-24)22-13-11-12(21-15(25)27-11)19-14(20-13)26-5-8-3-2-4-9(17)10(8)18;;/h2-4,23-24H,5-7H2,1H3,(H2,19,20,21,22,25);;. The summed E-state index contributed by atoms with van der Waals surface area (Å²) in [5.74, 6) is -1.52. The van der Waals surface area contributed by atoms with Gasteiger partial charge in [0, 0.05) is 11.3 Å². The number of H-pyrrole nitrogens is 1. The van der Waals surface area contributed by atoms with Gasteiger partial charge in [-0.1, -0.05) is 35.2 Å². The summed E-state index contributed by atoms with van der Waals surface area (Å²) in [6.45, 7) is 0.849. The van der Waals surface area contributed by atoms with Crippen molar-refractivity contribution in [1.29, 1.82) is 0 Å². The molecular weight excluding hydrogens is 421 g/mol. The topological polar surface area (TPSA) is 111 Å². The number of aliphatic hydroxyl groups excluding tert-OH is 2. The SMILES string of the molecule is CC(CO)(CO)Nc1nc(SCc2cccc(F)c2F)nc2[nH]c(=O)sc12.[NaH]. The number of nitrogens with one attached hydrogen (secondary N) is 2. The number of aromatic amines is 1. The van der Waals surface area contributed by atoms with Gasteiger partial charge in [0.2, 0.25) is 0 Å². The summed E-state index contributed by atoms with van der Waals surface area (Å²) < 4.78 is 27.6. The van der Waals surface area contributed by atoms with Crippen LogP contribution in [0.15, 0.2) is 28.2 Å². The third kappa shape index (κ3) is 5.09. The first-order valence-corrected chi connectivity index (χ1v) is 9.62. The van der Waals surface area contributed by atoms with Gasteiger partial charge in [0.05, 0.1) is 18.8 Å². The number of hydrogen-bond donors (Lipinski definition) is 4. The van der Waals surface area contributed by atoms with Gasteiger partial charge in [0.25, 0.3) is 0 Å². The van der Waals surface area contributed by atoms with E-state index in [1.807, 2.05) is 0 Å². The summed E-state index contributed by atoms with van der Waals surface area (Å²) >= 11 is 1.95. The van der Waals surface area contributed by atoms with Gasteiger partial charge < -0.3 is 15.5 Å². The van der Waals surface area contributed by atoms with E-state index in [4.69, 9.17) is 0 Å². The van der Waals surface area contributed by atoms with Gasteiger partial charge in [0.15, 0.2) is 28.3 Å². The molecule has 28 heavy (non-hydrogen) atoms. The molecule has 0 saturated carbocycles. The molecule has 1 aromatic carbocycles. The van der Waals surface area contributed by atoms with E-state index < -0.39 is 17.2 Å². The first-order chi connectivity index (χ1) is 12.8. The fraction of sp³-hybridized carbons (Fsp3) is 0.312. The van der Waals surface area contributed by atoms with E-state index in [1.54, 1.807) is 6.92 Å². The Morgan fingerprint density at radius 3 is 2.68 bits per heavy atom. The quantitative estimate of drug-likeness (QED) is 0.251. The van der Waals surface area contributed by atoms with Crippen LogP contribution < -0.4 is 10.2 Å². The molecule has 7 nitrogen and oxygen atoms in total. The molecule has 12 heteroatoms. The Bertz CT molecular complexity index is 1030. The van der Waals surface area contributed by atoms with Crippen molar-refractivity contribution in [2.45, 2.75) is 23.4 Å². The molecule has 0 atom stereocenters. The van der Waals surface area contributed by atoms with Crippen LogP contribution in [0.3, 0.4) is 0 Å². The normalized spacial score (nSPS) is 11.5. The van der Waals surface area contributed by atoms with E-state index in [-0.39, 0.29) is 75.6 Å². The van der Waals surface area contributed by atoms with Crippen LogP contribution in [-0.4, -0.2) is 73.5 Å². The number of fused-ring (bicyclic) bond motifs is 1. The van der Waals surface area contributed by atoms with Crippen molar-refractivity contribution in [3.8, 4) is 0 Å². The zero-order valence-corrected chi connectivity index (χ0v) is 15.8. The molecule has 3 rings (SSSR count). The van der Waals surface area contributed by atoms with Crippen LogP contribution in [0.4, 0.5) is 14.6 Å². The van der Waals surface area contributed by atoms with Crippen LogP contribution in [0.2, 0.25) is 0 Å². The first kappa shape index (κ1) is 23.2. The molecule has 146 valence electrons. The number of rotatable bonds is 7. The Hall–Kier alpha value is -1.08. The molecule has 0 bridgehead atoms.